The van der Waals surface area contributed by atoms with Crippen molar-refractivity contribution >= 4 is 63.8 Å². The van der Waals surface area contributed by atoms with Gasteiger partial charge in [-0.05, 0) is 170 Å². The quantitative estimate of drug-likeness (QED) is 0.0224. The summed E-state index contributed by atoms with van der Waals surface area (Å²) in [6, 6.07) is 13.8. The van der Waals surface area contributed by atoms with Crippen LogP contribution in [0.4, 0.5) is 69.6 Å². The van der Waals surface area contributed by atoms with Gasteiger partial charge in [-0.25, -0.2) is 41.5 Å². The highest BCUT2D eigenvalue weighted by Crippen LogP contribution is 2.30. The molecule has 4 fully saturated rings. The van der Waals surface area contributed by atoms with Crippen molar-refractivity contribution < 1.29 is 80.1 Å². The molecule has 33 heteroatoms. The van der Waals surface area contributed by atoms with Crippen molar-refractivity contribution in [3.05, 3.63) is 133 Å². The molecule has 9 N–H and O–H groups in total. The van der Waals surface area contributed by atoms with E-state index in [9.17, 15) is 66.2 Å². The molecule has 0 aliphatic carbocycles. The maximum absolute atomic E-state index is 13.2. The van der Waals surface area contributed by atoms with E-state index < -0.39 is 67.3 Å². The summed E-state index contributed by atoms with van der Waals surface area (Å²) in [5, 5.41) is 41.6. The number of aliphatic hydroxyl groups excluding tert-OH is 2. The van der Waals surface area contributed by atoms with Crippen molar-refractivity contribution in [1.82, 2.24) is 34.1 Å². The van der Waals surface area contributed by atoms with Crippen LogP contribution in [0.1, 0.15) is 124 Å². The number of fused-ring (bicyclic) bond motifs is 1. The first kappa shape index (κ1) is 88.9. The van der Waals surface area contributed by atoms with Gasteiger partial charge in [0.05, 0.1) is 62.5 Å². The number of aromatic nitrogens is 2. The number of rotatable bonds is 10. The second-order valence-corrected chi connectivity index (χ2v) is 26.5. The average Bonchev–Trinajstić information content (AvgIpc) is 1.59. The number of hydrogen-bond donors (Lipinski definition) is 7. The molecule has 562 valence electrons. The van der Waals surface area contributed by atoms with Crippen molar-refractivity contribution in [2.75, 3.05) is 102 Å². The van der Waals surface area contributed by atoms with Gasteiger partial charge in [-0.15, -0.1) is 0 Å². The Morgan fingerprint density at radius 1 is 0.560 bits per heavy atom. The molecule has 0 saturated carbocycles. The maximum atomic E-state index is 13.2. The highest BCUT2D eigenvalue weighted by Gasteiger charge is 2.38. The number of nitrogen functional groups attached to an aromatic ring is 1. The molecule has 4 aliphatic rings. The smallest absolute Gasteiger partial charge is 0.410 e. The molecule has 0 bridgehead atoms. The number of amides is 4. The standard InChI is InChI=1S/C15H18FN3O3.C14H18FN3O4.C14H20FN3O2.C8H16N2O2.C6H3F2NO2.C6H15N.C2H6O.CH4O.CH4/c1-15(2,3)22-14(21)18-7-10(8-18)19-12-5-4-9(16)6-11(12)17-13(19)20;1-14(2,3)22-13(19)17-7-10(8-17)16-11-5-4-9(15)6-12(11)18(20)21;1-14(2,3)20-13(19)18-7-10(8-18)17-12-5-4-9(15)6-11(12)16;1-8(2,3)12-7(11)10-4-6(9)5-10;7-4-1-2-5(8)6(3-4)9(10)11;1-4-7(5-2)6-3;1-2-3;1-2;/h4-6,10H,7-8H2,1-3H3,(H,17,20);4-6,10,16H,7-8H2,1-3H3;4-6,10,17H,7-8,16H2,1-3H3;6H,4-5,9H2,1-3H3;1-3H;4-6H2,1-3H3;3H,2H2,1H3;2H,1H3;1H4. The summed E-state index contributed by atoms with van der Waals surface area (Å²) in [4.78, 5) is 89.2. The van der Waals surface area contributed by atoms with E-state index in [-0.39, 0.29) is 79.4 Å². The number of aromatic amines is 1. The Hall–Kier alpha value is -9.08. The normalized spacial score (nSPS) is 14.3. The van der Waals surface area contributed by atoms with E-state index in [1.165, 1.54) is 54.9 Å². The number of nitro groups is 2. The van der Waals surface area contributed by atoms with Gasteiger partial charge in [0.15, 0.2) is 0 Å². The zero-order valence-electron chi connectivity index (χ0n) is 59.5. The minimum absolute atomic E-state index is 0. The van der Waals surface area contributed by atoms with Crippen molar-refractivity contribution in [2.24, 2.45) is 5.73 Å². The zero-order chi connectivity index (χ0) is 75.7. The lowest BCUT2D eigenvalue weighted by molar-refractivity contribution is -0.387. The van der Waals surface area contributed by atoms with Crippen LogP contribution in [0.5, 0.6) is 0 Å². The molecule has 5 aromatic rings. The third-order valence-electron chi connectivity index (χ3n) is 13.5. The van der Waals surface area contributed by atoms with Crippen molar-refractivity contribution in [1.29, 1.82) is 0 Å². The second kappa shape index (κ2) is 40.2. The van der Waals surface area contributed by atoms with Gasteiger partial charge >= 0.3 is 35.8 Å². The van der Waals surface area contributed by atoms with Crippen LogP contribution in [0.2, 0.25) is 0 Å². The summed E-state index contributed by atoms with van der Waals surface area (Å²) in [5.74, 6) is -3.28. The van der Waals surface area contributed by atoms with Gasteiger partial charge in [0.25, 0.3) is 5.69 Å². The fourth-order valence-corrected chi connectivity index (χ4v) is 8.82. The number of carbonyl (C=O) groups is 4. The number of nitro benzene ring substituents is 2. The molecule has 0 radical (unpaired) electrons. The molecule has 4 aliphatic heterocycles. The van der Waals surface area contributed by atoms with E-state index in [1.807, 2.05) is 41.5 Å². The van der Waals surface area contributed by atoms with Crippen LogP contribution in [0.25, 0.3) is 11.0 Å². The molecule has 0 unspecified atom stereocenters. The molecule has 1 aromatic heterocycles. The number of carbonyl (C=O) groups excluding carboxylic acids is 4. The SMILES string of the molecule is C.CC(C)(C)OC(=O)N1CC(N)C1.CC(C)(C)OC(=O)N1CC(Nc2ccc(F)cc2N)C1.CC(C)(C)OC(=O)N1CC(Nc2ccc(F)cc2[N+](=O)[O-])C1.CC(C)(C)OC(=O)N1CC(n2c(=O)[nH]c3cc(F)ccc32)C1.CCN(CC)CC.CCO.CO.O=[N+]([O-])c1cc(F)ccc1F. The van der Waals surface area contributed by atoms with Crippen LogP contribution in [0, 0.1) is 49.3 Å². The molecule has 4 aromatic carbocycles. The highest BCUT2D eigenvalue weighted by atomic mass is 19.1. The number of ether oxygens (including phenoxy) is 4. The molecule has 28 nitrogen and oxygen atoms in total. The summed E-state index contributed by atoms with van der Waals surface area (Å²) in [7, 11) is 1.00. The lowest BCUT2D eigenvalue weighted by Gasteiger charge is -2.40. The highest BCUT2D eigenvalue weighted by molar-refractivity contribution is 5.76. The van der Waals surface area contributed by atoms with Gasteiger partial charge in [-0.1, -0.05) is 28.2 Å². The van der Waals surface area contributed by atoms with Gasteiger partial charge in [-0.3, -0.25) is 24.8 Å². The minimum atomic E-state index is -1.03. The first-order valence-corrected chi connectivity index (χ1v) is 31.9. The lowest BCUT2D eigenvalue weighted by atomic mass is 10.1. The van der Waals surface area contributed by atoms with Crippen molar-refractivity contribution in [2.45, 2.75) is 165 Å². The third kappa shape index (κ3) is 31.0. The lowest BCUT2D eigenvalue weighted by Crippen LogP contribution is -2.58. The number of nitrogens with one attached hydrogen (secondary N) is 3. The predicted octanol–water partition coefficient (Wildman–Crippen LogP) is 11.5. The van der Waals surface area contributed by atoms with E-state index in [0.29, 0.717) is 86.9 Å². The number of H-pyrrole nitrogens is 1. The van der Waals surface area contributed by atoms with Gasteiger partial charge in [0, 0.05) is 72.1 Å². The van der Waals surface area contributed by atoms with Gasteiger partial charge in [0.1, 0.15) is 51.4 Å². The Morgan fingerprint density at radius 3 is 1.24 bits per heavy atom. The number of benzene rings is 4. The number of anilines is 3. The van der Waals surface area contributed by atoms with Gasteiger partial charge < -0.3 is 80.7 Å². The van der Waals surface area contributed by atoms with E-state index in [4.69, 9.17) is 40.6 Å². The van der Waals surface area contributed by atoms with E-state index in [1.54, 1.807) is 79.9 Å². The molecule has 4 amide bonds. The first-order chi connectivity index (χ1) is 45.9. The Bertz CT molecular complexity index is 3470. The number of aliphatic hydroxyl groups is 2. The molecular weight excluding hydrogens is 1320 g/mol. The Morgan fingerprint density at radius 2 is 0.890 bits per heavy atom. The monoisotopic (exact) mass is 1430 g/mol. The van der Waals surface area contributed by atoms with Crippen LogP contribution in [-0.4, -0.2) is 205 Å². The number of halogens is 5. The second-order valence-electron chi connectivity index (χ2n) is 26.5. The topological polar surface area (TPSA) is 362 Å². The number of nitrogens with two attached hydrogens (primary N) is 2. The summed E-state index contributed by atoms with van der Waals surface area (Å²) in [5.41, 5.74) is 10.2. The zero-order valence-corrected chi connectivity index (χ0v) is 59.5. The number of nitrogens with zero attached hydrogens (tertiary/aromatic N) is 8. The molecule has 0 spiro atoms. The van der Waals surface area contributed by atoms with Gasteiger partial charge in [-0.2, -0.15) is 4.39 Å². The average molecular weight is 1430 g/mol. The van der Waals surface area contributed by atoms with Crippen LogP contribution in [-0.2, 0) is 18.9 Å². The van der Waals surface area contributed by atoms with Crippen LogP contribution < -0.4 is 27.8 Å². The van der Waals surface area contributed by atoms with Crippen LogP contribution in [0.3, 0.4) is 0 Å². The number of likely N-dealkylation sites (tertiary alicyclic amines) is 4. The molecule has 4 saturated heterocycles. The molecule has 100 heavy (non-hydrogen) atoms. The first-order valence-electron chi connectivity index (χ1n) is 31.9. The number of hydrogen-bond acceptors (Lipinski definition) is 20. The van der Waals surface area contributed by atoms with Crippen molar-refractivity contribution in [3.63, 3.8) is 0 Å². The molecule has 9 rings (SSSR count). The summed E-state index contributed by atoms with van der Waals surface area (Å²) >= 11 is 0. The summed E-state index contributed by atoms with van der Waals surface area (Å²) in [6.07, 6.45) is -1.38. The van der Waals surface area contributed by atoms with Crippen LogP contribution in [0.15, 0.2) is 77.6 Å². The largest absolute Gasteiger partial charge is 0.444 e. The Kier molecular flexibility index (Phi) is 35.8. The molecule has 0 atom stereocenters. The molecule has 5 heterocycles. The van der Waals surface area contributed by atoms with E-state index >= 15 is 0 Å². The predicted molar refractivity (Wildman–Crippen MR) is 374 cm³/mol. The maximum Gasteiger partial charge on any atom is 0.410 e. The Balaban J connectivity index is 0.000000610. The third-order valence-corrected chi connectivity index (χ3v) is 13.5. The Labute approximate surface area is 581 Å². The minimum Gasteiger partial charge on any atom is -0.444 e. The van der Waals surface area contributed by atoms with E-state index in [0.717, 1.165) is 25.3 Å². The van der Waals surface area contributed by atoms with Gasteiger partial charge in [0.2, 0.25) is 5.82 Å². The summed E-state index contributed by atoms with van der Waals surface area (Å²) in [6.45, 7) is 37.8. The fraction of sp³-hybridized carbons (Fsp3) is 0.567. The van der Waals surface area contributed by atoms with Crippen LogP contribution >= 0.6 is 0 Å². The molecular formula is C67H104F5N13O15. The summed E-state index contributed by atoms with van der Waals surface area (Å²) < 4.78 is 86.3. The van der Waals surface area contributed by atoms with Crippen molar-refractivity contribution in [3.8, 4) is 0 Å². The van der Waals surface area contributed by atoms with E-state index in [2.05, 4.69) is 41.3 Å². The fourth-order valence-electron chi connectivity index (χ4n) is 8.82. The number of imidazole rings is 1.